The molecule has 0 radical (unpaired) electrons. The van der Waals surface area contributed by atoms with Gasteiger partial charge in [-0.25, -0.2) is 9.97 Å². The Morgan fingerprint density at radius 1 is 1.15 bits per heavy atom. The lowest BCUT2D eigenvalue weighted by molar-refractivity contribution is 0.00446. The Bertz CT molecular complexity index is 1180. The third kappa shape index (κ3) is 4.71. The normalized spacial score (nSPS) is 23.9. The van der Waals surface area contributed by atoms with E-state index in [1.165, 1.54) is 11.3 Å². The maximum absolute atomic E-state index is 10.6. The topological polar surface area (TPSA) is 157 Å². The monoisotopic (exact) mass is 488 g/mol. The van der Waals surface area contributed by atoms with Gasteiger partial charge in [-0.2, -0.15) is 4.98 Å². The van der Waals surface area contributed by atoms with Crippen molar-refractivity contribution in [3.63, 3.8) is 0 Å². The molecule has 0 unspecified atom stereocenters. The molecule has 0 spiro atoms. The van der Waals surface area contributed by atoms with Crippen molar-refractivity contribution in [1.82, 2.24) is 19.9 Å². The number of aliphatic hydroxyl groups excluding tert-OH is 3. The zero-order chi connectivity index (χ0) is 24.8. The minimum Gasteiger partial charge on any atom is -0.396 e. The van der Waals surface area contributed by atoms with E-state index in [9.17, 15) is 20.4 Å². The summed E-state index contributed by atoms with van der Waals surface area (Å²) in [5.74, 6) is 0.351. The van der Waals surface area contributed by atoms with E-state index in [-0.39, 0.29) is 12.6 Å². The van der Waals surface area contributed by atoms with Crippen molar-refractivity contribution in [3.8, 4) is 10.6 Å². The van der Waals surface area contributed by atoms with Gasteiger partial charge in [0, 0.05) is 18.7 Å². The summed E-state index contributed by atoms with van der Waals surface area (Å²) in [6.45, 7) is 8.79. The van der Waals surface area contributed by atoms with E-state index < -0.39 is 29.8 Å². The van der Waals surface area contributed by atoms with Crippen molar-refractivity contribution in [2.24, 2.45) is 5.92 Å². The molecule has 3 aromatic rings. The van der Waals surface area contributed by atoms with E-state index in [2.05, 4.69) is 25.6 Å². The highest BCUT2D eigenvalue weighted by Gasteiger charge is 2.41. The highest BCUT2D eigenvalue weighted by atomic mass is 32.1. The number of aryl methyl sites for hydroxylation is 2. The molecule has 34 heavy (non-hydrogen) atoms. The van der Waals surface area contributed by atoms with Crippen LogP contribution >= 0.6 is 11.3 Å². The van der Waals surface area contributed by atoms with E-state index in [0.29, 0.717) is 34.5 Å². The number of pyridine rings is 1. The summed E-state index contributed by atoms with van der Waals surface area (Å²) in [6.07, 6.45) is 0.0394. The molecule has 6 N–H and O–H groups in total. The van der Waals surface area contributed by atoms with Crippen LogP contribution in [0.2, 0.25) is 0 Å². The molecule has 10 nitrogen and oxygen atoms in total. The first-order valence-electron chi connectivity index (χ1n) is 11.3. The summed E-state index contributed by atoms with van der Waals surface area (Å²) in [6, 6.07) is 1.06. The van der Waals surface area contributed by atoms with Gasteiger partial charge in [-0.1, -0.05) is 0 Å². The van der Waals surface area contributed by atoms with Gasteiger partial charge < -0.3 is 31.1 Å². The van der Waals surface area contributed by atoms with Crippen LogP contribution in [0.1, 0.15) is 38.6 Å². The van der Waals surface area contributed by atoms with Crippen molar-refractivity contribution in [1.29, 1.82) is 0 Å². The van der Waals surface area contributed by atoms with E-state index in [1.54, 1.807) is 20.0 Å². The Hall–Kier alpha value is -2.44. The molecule has 0 amide bonds. The molecule has 0 aliphatic heterocycles. The minimum absolute atomic E-state index is 0.216. The zero-order valence-corrected chi connectivity index (χ0v) is 20.8. The number of anilines is 2. The molecule has 5 atom stereocenters. The van der Waals surface area contributed by atoms with E-state index in [4.69, 9.17) is 4.98 Å². The number of aromatic nitrogens is 4. The predicted molar refractivity (Wildman–Crippen MR) is 132 cm³/mol. The van der Waals surface area contributed by atoms with E-state index >= 15 is 0 Å². The fourth-order valence-corrected chi connectivity index (χ4v) is 5.19. The number of thiazole rings is 1. The molecule has 11 heteroatoms. The van der Waals surface area contributed by atoms with Gasteiger partial charge in [0.2, 0.25) is 5.95 Å². The molecule has 1 aliphatic carbocycles. The van der Waals surface area contributed by atoms with Crippen LogP contribution in [0, 0.1) is 19.8 Å². The van der Waals surface area contributed by atoms with Crippen LogP contribution in [0.15, 0.2) is 12.3 Å². The van der Waals surface area contributed by atoms with Gasteiger partial charge in [0.05, 0.1) is 45.4 Å². The third-order valence-corrected chi connectivity index (χ3v) is 7.60. The quantitative estimate of drug-likeness (QED) is 0.290. The van der Waals surface area contributed by atoms with Gasteiger partial charge in [-0.15, -0.1) is 11.3 Å². The summed E-state index contributed by atoms with van der Waals surface area (Å²) in [5.41, 5.74) is 1.99. The van der Waals surface area contributed by atoms with E-state index in [1.807, 2.05) is 26.8 Å². The minimum atomic E-state index is -1.06. The number of rotatable bonds is 7. The molecule has 3 aromatic heterocycles. The number of aliphatic hydroxyl groups is 4. The molecule has 0 aromatic carbocycles. The van der Waals surface area contributed by atoms with Crippen LogP contribution in [0.4, 0.5) is 11.8 Å². The van der Waals surface area contributed by atoms with Gasteiger partial charge in [0.15, 0.2) is 0 Å². The first-order chi connectivity index (χ1) is 16.0. The van der Waals surface area contributed by atoms with Crippen LogP contribution in [-0.2, 0) is 0 Å². The smallest absolute Gasteiger partial charge is 0.225 e. The lowest BCUT2D eigenvalue weighted by Gasteiger charge is -2.27. The number of nitrogens with one attached hydrogen (secondary N) is 2. The van der Waals surface area contributed by atoms with Crippen LogP contribution in [0.25, 0.3) is 20.8 Å². The van der Waals surface area contributed by atoms with Crippen molar-refractivity contribution in [3.05, 3.63) is 23.7 Å². The van der Waals surface area contributed by atoms with Gasteiger partial charge in [-0.3, -0.25) is 4.98 Å². The standard InChI is InChI=1S/C23H32N6O4S/c1-10-16(21-28-17-11(2)24-7-6-15(17)34-21)20(27-14-8-13(9-30)18(31)19(14)32)29-22(25-10)26-12(3)23(4,5)33/h6-7,12-14,18-19,30-33H,8-9H2,1-5H3,(H2,25,26,27,29)/t12-,13+,14+,18+,19-/m0/s1. The van der Waals surface area contributed by atoms with Crippen molar-refractivity contribution < 1.29 is 20.4 Å². The first kappa shape index (κ1) is 24.7. The van der Waals surface area contributed by atoms with Crippen molar-refractivity contribution in [2.75, 3.05) is 17.2 Å². The summed E-state index contributed by atoms with van der Waals surface area (Å²) in [7, 11) is 0. The molecule has 0 saturated heterocycles. The van der Waals surface area contributed by atoms with Gasteiger partial charge in [-0.05, 0) is 47.1 Å². The van der Waals surface area contributed by atoms with Crippen molar-refractivity contribution >= 4 is 33.3 Å². The fourth-order valence-electron chi connectivity index (χ4n) is 4.08. The number of hydrogen-bond donors (Lipinski definition) is 6. The molecule has 3 heterocycles. The Morgan fingerprint density at radius 2 is 1.88 bits per heavy atom. The predicted octanol–water partition coefficient (Wildman–Crippen LogP) is 1.85. The molecule has 184 valence electrons. The molecule has 4 rings (SSSR count). The molecular weight excluding hydrogens is 456 g/mol. The summed E-state index contributed by atoms with van der Waals surface area (Å²) >= 11 is 1.50. The first-order valence-corrected chi connectivity index (χ1v) is 12.1. The van der Waals surface area contributed by atoms with Crippen LogP contribution < -0.4 is 10.6 Å². The largest absolute Gasteiger partial charge is 0.396 e. The third-order valence-electron chi connectivity index (χ3n) is 6.56. The van der Waals surface area contributed by atoms with Crippen LogP contribution in [0.5, 0.6) is 0 Å². The second-order valence-electron chi connectivity index (χ2n) is 9.55. The Kier molecular flexibility index (Phi) is 6.76. The van der Waals surface area contributed by atoms with Crippen LogP contribution in [0.3, 0.4) is 0 Å². The molecule has 0 bridgehead atoms. The SMILES string of the molecule is Cc1nc(N[C@@H](C)C(C)(C)O)nc(N[C@@H]2C[C@H](CO)[C@@H](O)[C@H]2O)c1-c1nc2c(C)nccc2s1. The molecule has 1 saturated carbocycles. The Balaban J connectivity index is 1.78. The molecule has 1 fully saturated rings. The molecular formula is C23H32N6O4S. The number of hydrogen-bond acceptors (Lipinski definition) is 11. The van der Waals surface area contributed by atoms with Crippen LogP contribution in [-0.4, -0.2) is 76.9 Å². The van der Waals surface area contributed by atoms with Crippen molar-refractivity contribution in [2.45, 2.75) is 70.9 Å². The second kappa shape index (κ2) is 9.31. The maximum Gasteiger partial charge on any atom is 0.225 e. The fraction of sp³-hybridized carbons (Fsp3) is 0.565. The lowest BCUT2D eigenvalue weighted by atomic mass is 10.0. The Labute approximate surface area is 202 Å². The second-order valence-corrected chi connectivity index (χ2v) is 10.6. The van der Waals surface area contributed by atoms with E-state index in [0.717, 1.165) is 15.9 Å². The summed E-state index contributed by atoms with van der Waals surface area (Å²) in [4.78, 5) is 18.4. The average molecular weight is 489 g/mol. The van der Waals surface area contributed by atoms with Gasteiger partial charge >= 0.3 is 0 Å². The lowest BCUT2D eigenvalue weighted by Crippen LogP contribution is -2.40. The molecule has 1 aliphatic rings. The highest BCUT2D eigenvalue weighted by Crippen LogP contribution is 2.38. The Morgan fingerprint density at radius 3 is 2.50 bits per heavy atom. The average Bonchev–Trinajstić information content (AvgIpc) is 3.30. The maximum atomic E-state index is 10.6. The summed E-state index contributed by atoms with van der Waals surface area (Å²) in [5, 5.41) is 47.9. The summed E-state index contributed by atoms with van der Waals surface area (Å²) < 4.78 is 0.988. The number of nitrogens with zero attached hydrogens (tertiary/aromatic N) is 4. The van der Waals surface area contributed by atoms with Gasteiger partial charge in [0.1, 0.15) is 22.4 Å². The number of fused-ring (bicyclic) bond motifs is 1. The zero-order valence-electron chi connectivity index (χ0n) is 19.9. The highest BCUT2D eigenvalue weighted by molar-refractivity contribution is 7.21. The van der Waals surface area contributed by atoms with Gasteiger partial charge in [0.25, 0.3) is 0 Å².